The van der Waals surface area contributed by atoms with Crippen molar-refractivity contribution in [2.75, 3.05) is 0 Å². The lowest BCUT2D eigenvalue weighted by Crippen LogP contribution is -2.10. The number of aryl methyl sites for hydroxylation is 1. The van der Waals surface area contributed by atoms with E-state index < -0.39 is 0 Å². The number of thiocarbonyl (C=S) groups is 1. The van der Waals surface area contributed by atoms with Gasteiger partial charge in [0, 0.05) is 16.9 Å². The van der Waals surface area contributed by atoms with Crippen molar-refractivity contribution in [2.24, 2.45) is 0 Å². The third-order valence-electron chi connectivity index (χ3n) is 4.16. The molecule has 1 aliphatic carbocycles. The van der Waals surface area contributed by atoms with E-state index in [2.05, 4.69) is 22.8 Å². The van der Waals surface area contributed by atoms with Gasteiger partial charge in [0.15, 0.2) is 11.6 Å². The zero-order valence-electron chi connectivity index (χ0n) is 12.2. The lowest BCUT2D eigenvalue weighted by atomic mass is 10.0. The van der Waals surface area contributed by atoms with Crippen LogP contribution >= 0.6 is 23.6 Å². The average Bonchev–Trinajstić information content (AvgIpc) is 3.21. The van der Waals surface area contributed by atoms with Gasteiger partial charge in [0.2, 0.25) is 0 Å². The molecule has 1 saturated heterocycles. The molecule has 1 aromatic carbocycles. The van der Waals surface area contributed by atoms with E-state index in [4.69, 9.17) is 12.2 Å². The third-order valence-corrected chi connectivity index (χ3v) is 5.29. The van der Waals surface area contributed by atoms with Gasteiger partial charge in [-0.15, -0.1) is 11.3 Å². The molecule has 0 spiro atoms. The maximum atomic E-state index is 11.8. The van der Waals surface area contributed by atoms with E-state index >= 15 is 0 Å². The predicted octanol–water partition coefficient (Wildman–Crippen LogP) is 3.77. The molecule has 3 nitrogen and oxygen atoms in total. The Morgan fingerprint density at radius 2 is 1.96 bits per heavy atom. The summed E-state index contributed by atoms with van der Waals surface area (Å²) in [5.74, 6) is 0.282. The highest BCUT2D eigenvalue weighted by Gasteiger charge is 2.22. The molecule has 0 saturated carbocycles. The number of carbonyl (C=O) groups excluding carboxylic acids is 2. The molecule has 0 atom stereocenters. The molecule has 4 rings (SSSR count). The second kappa shape index (κ2) is 5.51. The van der Waals surface area contributed by atoms with Crippen LogP contribution in [-0.4, -0.2) is 16.6 Å². The Labute approximate surface area is 143 Å². The van der Waals surface area contributed by atoms with Crippen LogP contribution < -0.4 is 5.32 Å². The number of thiophene rings is 1. The highest BCUT2D eigenvalue weighted by atomic mass is 32.1. The molecule has 0 bridgehead atoms. The fraction of sp³-hybridized carbons (Fsp3) is 0.167. The van der Waals surface area contributed by atoms with Crippen molar-refractivity contribution in [3.8, 4) is 11.1 Å². The van der Waals surface area contributed by atoms with E-state index in [0.717, 1.165) is 33.6 Å². The standard InChI is InChI=1S/C18H13NO2S2/c20-16-4-2-11-5-10(1-3-14(11)16)12-6-13(23-9-12)7-15-17(21)8-18(22)19-15/h1,3,5-7,9H,2,4,8H2,(H,19,22)/b15-7+. The summed E-state index contributed by atoms with van der Waals surface area (Å²) in [6.45, 7) is 0. The average molecular weight is 339 g/mol. The topological polar surface area (TPSA) is 46.2 Å². The highest BCUT2D eigenvalue weighted by molar-refractivity contribution is 7.80. The Morgan fingerprint density at radius 3 is 2.74 bits per heavy atom. The van der Waals surface area contributed by atoms with Gasteiger partial charge < -0.3 is 5.32 Å². The normalized spacial score (nSPS) is 18.6. The van der Waals surface area contributed by atoms with Gasteiger partial charge in [0.1, 0.15) is 0 Å². The van der Waals surface area contributed by atoms with Crippen LogP contribution in [0.2, 0.25) is 0 Å². The van der Waals surface area contributed by atoms with Crippen LogP contribution in [0.25, 0.3) is 17.2 Å². The molecule has 23 heavy (non-hydrogen) atoms. The fourth-order valence-electron chi connectivity index (χ4n) is 2.98. The summed E-state index contributed by atoms with van der Waals surface area (Å²) in [5, 5.41) is 5.02. The SMILES string of the molecule is O=C1CC(=S)N/C1=C/c1cc(-c2ccc3c(c2)CCC3=O)cs1. The first-order valence-electron chi connectivity index (χ1n) is 7.40. The molecular weight excluding hydrogens is 326 g/mol. The monoisotopic (exact) mass is 339 g/mol. The third kappa shape index (κ3) is 2.66. The van der Waals surface area contributed by atoms with Crippen LogP contribution in [0.15, 0.2) is 35.3 Å². The van der Waals surface area contributed by atoms with Crippen molar-refractivity contribution >= 4 is 46.2 Å². The number of hydrogen-bond acceptors (Lipinski definition) is 4. The first-order chi connectivity index (χ1) is 11.1. The zero-order chi connectivity index (χ0) is 16.0. The summed E-state index contributed by atoms with van der Waals surface area (Å²) in [4.78, 5) is 25.1. The molecule has 1 N–H and O–H groups in total. The Hall–Kier alpha value is -2.11. The number of hydrogen-bond donors (Lipinski definition) is 1. The number of ketones is 2. The van der Waals surface area contributed by atoms with Crippen molar-refractivity contribution in [2.45, 2.75) is 19.3 Å². The first kappa shape index (κ1) is 14.5. The minimum absolute atomic E-state index is 0.0426. The van der Waals surface area contributed by atoms with Crippen LogP contribution in [0.4, 0.5) is 0 Å². The number of carbonyl (C=O) groups is 2. The minimum atomic E-state index is 0.0426. The van der Waals surface area contributed by atoms with Gasteiger partial charge in [0.25, 0.3) is 0 Å². The number of nitrogens with one attached hydrogen (secondary N) is 1. The molecule has 114 valence electrons. The Bertz CT molecular complexity index is 892. The van der Waals surface area contributed by atoms with Gasteiger partial charge in [-0.1, -0.05) is 30.4 Å². The molecule has 2 aliphatic rings. The number of rotatable bonds is 2. The van der Waals surface area contributed by atoms with Gasteiger partial charge in [-0.3, -0.25) is 9.59 Å². The van der Waals surface area contributed by atoms with Crippen LogP contribution in [0.1, 0.15) is 33.6 Å². The van der Waals surface area contributed by atoms with Gasteiger partial charge in [0.05, 0.1) is 17.1 Å². The number of allylic oxidation sites excluding steroid dienone is 1. The first-order valence-corrected chi connectivity index (χ1v) is 8.69. The number of fused-ring (bicyclic) bond motifs is 1. The van der Waals surface area contributed by atoms with Crippen molar-refractivity contribution in [1.82, 2.24) is 5.32 Å². The van der Waals surface area contributed by atoms with Crippen LogP contribution in [0.5, 0.6) is 0 Å². The number of benzene rings is 1. The molecular formula is C18H13NO2S2. The van der Waals surface area contributed by atoms with Crippen molar-refractivity contribution in [1.29, 1.82) is 0 Å². The van der Waals surface area contributed by atoms with Gasteiger partial charge in [-0.05, 0) is 40.6 Å². The maximum absolute atomic E-state index is 11.8. The van der Waals surface area contributed by atoms with Crippen LogP contribution in [0, 0.1) is 0 Å². The summed E-state index contributed by atoms with van der Waals surface area (Å²) < 4.78 is 0. The zero-order valence-corrected chi connectivity index (χ0v) is 13.9. The summed E-state index contributed by atoms with van der Waals surface area (Å²) in [5.41, 5.74) is 4.79. The van der Waals surface area contributed by atoms with Crippen LogP contribution in [-0.2, 0) is 11.2 Å². The Balaban J connectivity index is 1.64. The van der Waals surface area contributed by atoms with Crippen LogP contribution in [0.3, 0.4) is 0 Å². The van der Waals surface area contributed by atoms with Crippen molar-refractivity contribution in [3.63, 3.8) is 0 Å². The summed E-state index contributed by atoms with van der Waals surface area (Å²) in [7, 11) is 0. The molecule has 2 aromatic rings. The molecule has 0 amide bonds. The smallest absolute Gasteiger partial charge is 0.185 e. The van der Waals surface area contributed by atoms with Gasteiger partial charge >= 0.3 is 0 Å². The molecule has 1 aromatic heterocycles. The molecule has 0 unspecified atom stereocenters. The van der Waals surface area contributed by atoms with Crippen molar-refractivity contribution in [3.05, 3.63) is 51.3 Å². The molecule has 2 heterocycles. The van der Waals surface area contributed by atoms with E-state index in [0.29, 0.717) is 23.5 Å². The second-order valence-electron chi connectivity index (χ2n) is 5.74. The molecule has 1 fully saturated rings. The quantitative estimate of drug-likeness (QED) is 0.668. The summed E-state index contributed by atoms with van der Waals surface area (Å²) >= 11 is 6.62. The lowest BCUT2D eigenvalue weighted by molar-refractivity contribution is -0.114. The van der Waals surface area contributed by atoms with E-state index in [1.165, 1.54) is 0 Å². The maximum Gasteiger partial charge on any atom is 0.185 e. The van der Waals surface area contributed by atoms with Gasteiger partial charge in [-0.2, -0.15) is 0 Å². The fourth-order valence-corrected chi connectivity index (χ4v) is 4.07. The number of Topliss-reactive ketones (excluding diaryl/α,β-unsaturated/α-hetero) is 2. The van der Waals surface area contributed by atoms with E-state index in [-0.39, 0.29) is 11.6 Å². The summed E-state index contributed by atoms with van der Waals surface area (Å²) in [6.07, 6.45) is 3.61. The Kier molecular flexibility index (Phi) is 3.47. The minimum Gasteiger partial charge on any atom is -0.347 e. The summed E-state index contributed by atoms with van der Waals surface area (Å²) in [6, 6.07) is 8.09. The highest BCUT2D eigenvalue weighted by Crippen LogP contribution is 2.31. The lowest BCUT2D eigenvalue weighted by Gasteiger charge is -2.02. The molecule has 0 radical (unpaired) electrons. The predicted molar refractivity (Wildman–Crippen MR) is 95.7 cm³/mol. The van der Waals surface area contributed by atoms with E-state index in [1.807, 2.05) is 18.2 Å². The largest absolute Gasteiger partial charge is 0.347 e. The molecule has 5 heteroatoms. The van der Waals surface area contributed by atoms with E-state index in [1.54, 1.807) is 11.3 Å². The van der Waals surface area contributed by atoms with Gasteiger partial charge in [-0.25, -0.2) is 0 Å². The second-order valence-corrected chi connectivity index (χ2v) is 7.17. The molecule has 1 aliphatic heterocycles. The van der Waals surface area contributed by atoms with E-state index in [9.17, 15) is 9.59 Å². The van der Waals surface area contributed by atoms with Crippen molar-refractivity contribution < 1.29 is 9.59 Å². The Morgan fingerprint density at radius 1 is 1.09 bits per heavy atom.